The summed E-state index contributed by atoms with van der Waals surface area (Å²) < 4.78 is 0. The number of hydrogen-bond acceptors (Lipinski definition) is 2. The molecule has 3 heteroatoms. The van der Waals surface area contributed by atoms with Crippen LogP contribution in [0.2, 0.25) is 0 Å². The molecule has 0 spiro atoms. The molecule has 0 unspecified atom stereocenters. The maximum Gasteiger partial charge on any atom is 0.0921 e. The number of hydrogen-bond donors (Lipinski definition) is 2. The van der Waals surface area contributed by atoms with Crippen molar-refractivity contribution in [3.8, 4) is 0 Å². The van der Waals surface area contributed by atoms with Crippen LogP contribution in [0.15, 0.2) is 12.5 Å². The van der Waals surface area contributed by atoms with Crippen molar-refractivity contribution in [3.63, 3.8) is 0 Å². The largest absolute Gasteiger partial charge is 0.397 e. The second-order valence-electron chi connectivity index (χ2n) is 1.75. The summed E-state index contributed by atoms with van der Waals surface area (Å²) in [6.45, 7) is 4.02. The van der Waals surface area contributed by atoms with Crippen molar-refractivity contribution in [1.82, 2.24) is 9.97 Å². The first-order valence-corrected chi connectivity index (χ1v) is 3.43. The number of aliphatic hydroxyl groups is 1. The van der Waals surface area contributed by atoms with Crippen molar-refractivity contribution in [2.45, 2.75) is 20.3 Å². The molecule has 0 aliphatic heterocycles. The van der Waals surface area contributed by atoms with E-state index in [1.807, 2.05) is 6.20 Å². The van der Waals surface area contributed by atoms with Crippen LogP contribution in [0.3, 0.4) is 0 Å². The zero-order chi connectivity index (χ0) is 7.82. The lowest BCUT2D eigenvalue weighted by molar-refractivity contribution is 0.318. The number of aromatic amines is 1. The van der Waals surface area contributed by atoms with Gasteiger partial charge < -0.3 is 10.1 Å². The molecule has 0 saturated heterocycles. The van der Waals surface area contributed by atoms with Crippen molar-refractivity contribution < 1.29 is 5.11 Å². The molecular formula is C7H14N2O. The van der Waals surface area contributed by atoms with Gasteiger partial charge >= 0.3 is 0 Å². The summed E-state index contributed by atoms with van der Waals surface area (Å²) in [6, 6.07) is 0. The topological polar surface area (TPSA) is 48.9 Å². The SMILES string of the molecule is CCO.CCc1cnc[nH]1. The van der Waals surface area contributed by atoms with Crippen LogP contribution in [-0.4, -0.2) is 21.7 Å². The van der Waals surface area contributed by atoms with Gasteiger partial charge in [0.25, 0.3) is 0 Å². The monoisotopic (exact) mass is 142 g/mol. The summed E-state index contributed by atoms with van der Waals surface area (Å²) in [6.07, 6.45) is 4.57. The summed E-state index contributed by atoms with van der Waals surface area (Å²) in [5.74, 6) is 0. The maximum absolute atomic E-state index is 7.57. The van der Waals surface area contributed by atoms with Gasteiger partial charge in [0.1, 0.15) is 0 Å². The van der Waals surface area contributed by atoms with Crippen LogP contribution in [0.25, 0.3) is 0 Å². The first kappa shape index (κ1) is 9.17. The molecule has 0 fully saturated rings. The fraction of sp³-hybridized carbons (Fsp3) is 0.571. The highest BCUT2D eigenvalue weighted by molar-refractivity contribution is 4.92. The third kappa shape index (κ3) is 4.09. The number of rotatable bonds is 1. The molecule has 1 rings (SSSR count). The van der Waals surface area contributed by atoms with Gasteiger partial charge in [0.05, 0.1) is 6.33 Å². The molecule has 0 radical (unpaired) electrons. The van der Waals surface area contributed by atoms with Crippen LogP contribution in [0.5, 0.6) is 0 Å². The molecule has 1 aromatic heterocycles. The molecule has 3 nitrogen and oxygen atoms in total. The van der Waals surface area contributed by atoms with Crippen LogP contribution < -0.4 is 0 Å². The Hall–Kier alpha value is -0.830. The summed E-state index contributed by atoms with van der Waals surface area (Å²) in [5.41, 5.74) is 1.19. The van der Waals surface area contributed by atoms with Crippen LogP contribution in [0.1, 0.15) is 19.5 Å². The third-order valence-corrected chi connectivity index (χ3v) is 0.936. The molecule has 1 aromatic rings. The van der Waals surface area contributed by atoms with Crippen molar-refractivity contribution in [2.75, 3.05) is 6.61 Å². The molecule has 58 valence electrons. The molecular weight excluding hydrogens is 128 g/mol. The minimum atomic E-state index is 0.250. The van der Waals surface area contributed by atoms with E-state index in [1.165, 1.54) is 5.69 Å². The van der Waals surface area contributed by atoms with E-state index in [0.29, 0.717) is 0 Å². The molecule has 0 atom stereocenters. The molecule has 0 aliphatic rings. The molecule has 0 amide bonds. The van der Waals surface area contributed by atoms with Gasteiger partial charge in [0.2, 0.25) is 0 Å². The first-order valence-electron chi connectivity index (χ1n) is 3.43. The first-order chi connectivity index (χ1) is 4.85. The second-order valence-corrected chi connectivity index (χ2v) is 1.75. The predicted octanol–water partition coefficient (Wildman–Crippen LogP) is 0.971. The van der Waals surface area contributed by atoms with Gasteiger partial charge in [-0.15, -0.1) is 0 Å². The molecule has 2 N–H and O–H groups in total. The Kier molecular flexibility index (Phi) is 5.77. The quantitative estimate of drug-likeness (QED) is 0.613. The van der Waals surface area contributed by atoms with Crippen molar-refractivity contribution in [2.24, 2.45) is 0 Å². The van der Waals surface area contributed by atoms with Gasteiger partial charge in [-0.1, -0.05) is 6.92 Å². The lowest BCUT2D eigenvalue weighted by Gasteiger charge is -1.79. The lowest BCUT2D eigenvalue weighted by atomic mass is 10.4. The number of aromatic nitrogens is 2. The number of aliphatic hydroxyl groups excluding tert-OH is 1. The van der Waals surface area contributed by atoms with Crippen LogP contribution in [0, 0.1) is 0 Å². The summed E-state index contributed by atoms with van der Waals surface area (Å²) in [4.78, 5) is 6.81. The Morgan fingerprint density at radius 3 is 2.40 bits per heavy atom. The van der Waals surface area contributed by atoms with Gasteiger partial charge in [-0.3, -0.25) is 0 Å². The number of nitrogens with zero attached hydrogens (tertiary/aromatic N) is 1. The Bertz CT molecular complexity index is 137. The second kappa shape index (κ2) is 6.29. The van der Waals surface area contributed by atoms with Gasteiger partial charge in [0, 0.05) is 18.5 Å². The van der Waals surface area contributed by atoms with Gasteiger partial charge in [-0.25, -0.2) is 4.98 Å². The van der Waals surface area contributed by atoms with Crippen molar-refractivity contribution >= 4 is 0 Å². The normalized spacial score (nSPS) is 8.30. The molecule has 0 aromatic carbocycles. The van der Waals surface area contributed by atoms with Gasteiger partial charge in [0.15, 0.2) is 0 Å². The highest BCUT2D eigenvalue weighted by Gasteiger charge is 1.82. The van der Waals surface area contributed by atoms with Crippen molar-refractivity contribution in [3.05, 3.63) is 18.2 Å². The summed E-state index contributed by atoms with van der Waals surface area (Å²) in [7, 11) is 0. The van der Waals surface area contributed by atoms with E-state index in [0.717, 1.165) is 6.42 Å². The molecule has 0 aliphatic carbocycles. The summed E-state index contributed by atoms with van der Waals surface area (Å²) >= 11 is 0. The molecule has 10 heavy (non-hydrogen) atoms. The zero-order valence-corrected chi connectivity index (χ0v) is 6.46. The van der Waals surface area contributed by atoms with E-state index >= 15 is 0 Å². The van der Waals surface area contributed by atoms with Crippen LogP contribution >= 0.6 is 0 Å². The average molecular weight is 142 g/mol. The molecule has 0 saturated carbocycles. The van der Waals surface area contributed by atoms with Gasteiger partial charge in [-0.2, -0.15) is 0 Å². The van der Waals surface area contributed by atoms with E-state index in [-0.39, 0.29) is 6.61 Å². The fourth-order valence-corrected chi connectivity index (χ4v) is 0.478. The minimum absolute atomic E-state index is 0.250. The number of aryl methyl sites for hydroxylation is 1. The zero-order valence-electron chi connectivity index (χ0n) is 6.46. The smallest absolute Gasteiger partial charge is 0.0921 e. The predicted molar refractivity (Wildman–Crippen MR) is 40.7 cm³/mol. The Balaban J connectivity index is 0.000000236. The third-order valence-electron chi connectivity index (χ3n) is 0.936. The van der Waals surface area contributed by atoms with E-state index in [4.69, 9.17) is 5.11 Å². The Labute approximate surface area is 61.1 Å². The van der Waals surface area contributed by atoms with Crippen LogP contribution in [0.4, 0.5) is 0 Å². The molecule has 1 heterocycles. The molecule has 0 bridgehead atoms. The number of imidazole rings is 1. The minimum Gasteiger partial charge on any atom is -0.397 e. The Morgan fingerprint density at radius 1 is 1.60 bits per heavy atom. The van der Waals surface area contributed by atoms with E-state index in [2.05, 4.69) is 16.9 Å². The standard InChI is InChI=1S/C5H8N2.C2H6O/c1-2-5-3-6-4-7-5;1-2-3/h3-4H,2H2,1H3,(H,6,7);3H,2H2,1H3. The van der Waals surface area contributed by atoms with Crippen molar-refractivity contribution in [1.29, 1.82) is 0 Å². The van der Waals surface area contributed by atoms with Gasteiger partial charge in [-0.05, 0) is 13.3 Å². The lowest BCUT2D eigenvalue weighted by Crippen LogP contribution is -1.73. The van der Waals surface area contributed by atoms with Crippen LogP contribution in [-0.2, 0) is 6.42 Å². The highest BCUT2D eigenvalue weighted by Crippen LogP contribution is 1.88. The number of nitrogens with one attached hydrogen (secondary N) is 1. The summed E-state index contributed by atoms with van der Waals surface area (Å²) in [5, 5.41) is 7.57. The number of H-pyrrole nitrogens is 1. The van der Waals surface area contributed by atoms with E-state index in [1.54, 1.807) is 13.3 Å². The maximum atomic E-state index is 7.57. The van der Waals surface area contributed by atoms with E-state index < -0.39 is 0 Å². The Morgan fingerprint density at radius 2 is 2.20 bits per heavy atom. The fourth-order valence-electron chi connectivity index (χ4n) is 0.478. The van der Waals surface area contributed by atoms with E-state index in [9.17, 15) is 0 Å². The average Bonchev–Trinajstić information content (AvgIpc) is 2.39. The highest BCUT2D eigenvalue weighted by atomic mass is 16.2.